The average molecular weight is 348 g/mol. The lowest BCUT2D eigenvalue weighted by Gasteiger charge is -2.30. The molecule has 3 rings (SSSR count). The molecule has 1 aliphatic carbocycles. The molecular weight excluding hydrogens is 326 g/mol. The Morgan fingerprint density at radius 3 is 3.04 bits per heavy atom. The number of amides is 1. The van der Waals surface area contributed by atoms with Gasteiger partial charge in [-0.2, -0.15) is 5.10 Å². The fourth-order valence-corrected chi connectivity index (χ4v) is 3.59. The third kappa shape index (κ3) is 3.06. The number of aromatic nitrogens is 2. The molecule has 0 saturated heterocycles. The predicted octanol–water partition coefficient (Wildman–Crippen LogP) is 3.12. The number of carbonyl (C=O) groups excluding carboxylic acids is 1. The summed E-state index contributed by atoms with van der Waals surface area (Å²) in [4.78, 5) is 12.7. The molecule has 128 valence electrons. The predicted molar refractivity (Wildman–Crippen MR) is 93.6 cm³/mol. The molecule has 6 heteroatoms. The first kappa shape index (κ1) is 17.0. The van der Waals surface area contributed by atoms with E-state index >= 15 is 0 Å². The largest absolute Gasteiger partial charge is 0.396 e. The van der Waals surface area contributed by atoms with Crippen LogP contribution in [0, 0.1) is 12.3 Å². The molecule has 24 heavy (non-hydrogen) atoms. The second-order valence-electron chi connectivity index (χ2n) is 6.77. The summed E-state index contributed by atoms with van der Waals surface area (Å²) in [5, 5.41) is 17.7. The first-order valence-corrected chi connectivity index (χ1v) is 8.55. The highest BCUT2D eigenvalue weighted by Gasteiger charge is 2.39. The van der Waals surface area contributed by atoms with E-state index < -0.39 is 0 Å². The van der Waals surface area contributed by atoms with E-state index in [4.69, 9.17) is 11.6 Å². The van der Waals surface area contributed by atoms with Crippen molar-refractivity contribution in [2.45, 2.75) is 39.2 Å². The van der Waals surface area contributed by atoms with E-state index in [0.717, 1.165) is 30.6 Å². The molecule has 0 aliphatic heterocycles. The lowest BCUT2D eigenvalue weighted by molar-refractivity contribution is 0.0830. The van der Waals surface area contributed by atoms with Crippen molar-refractivity contribution < 1.29 is 9.90 Å². The van der Waals surface area contributed by atoms with Crippen LogP contribution in [0.1, 0.15) is 42.2 Å². The van der Waals surface area contributed by atoms with E-state index in [9.17, 15) is 9.90 Å². The van der Waals surface area contributed by atoms with Crippen molar-refractivity contribution in [2.24, 2.45) is 5.41 Å². The van der Waals surface area contributed by atoms with E-state index in [2.05, 4.69) is 10.4 Å². The van der Waals surface area contributed by atoms with Crippen molar-refractivity contribution in [3.05, 3.63) is 46.7 Å². The van der Waals surface area contributed by atoms with Gasteiger partial charge < -0.3 is 10.4 Å². The summed E-state index contributed by atoms with van der Waals surface area (Å²) in [6, 6.07) is 7.34. The normalized spacial score (nSPS) is 23.4. The maximum atomic E-state index is 12.7. The molecule has 1 saturated carbocycles. The van der Waals surface area contributed by atoms with Gasteiger partial charge in [0.15, 0.2) is 0 Å². The summed E-state index contributed by atoms with van der Waals surface area (Å²) in [6.45, 7) is 3.97. The molecule has 2 atom stereocenters. The first-order chi connectivity index (χ1) is 11.4. The van der Waals surface area contributed by atoms with Gasteiger partial charge in [-0.1, -0.05) is 31.0 Å². The molecule has 1 fully saturated rings. The van der Waals surface area contributed by atoms with Gasteiger partial charge >= 0.3 is 0 Å². The Balaban J connectivity index is 1.82. The summed E-state index contributed by atoms with van der Waals surface area (Å²) in [5.41, 5.74) is 1.88. The zero-order valence-electron chi connectivity index (χ0n) is 13.9. The highest BCUT2D eigenvalue weighted by atomic mass is 35.5. The summed E-state index contributed by atoms with van der Waals surface area (Å²) >= 11 is 6.03. The Labute approximate surface area is 146 Å². The third-order valence-electron chi connectivity index (χ3n) is 5.06. The zero-order chi connectivity index (χ0) is 17.3. The average Bonchev–Trinajstić information content (AvgIpc) is 3.11. The van der Waals surface area contributed by atoms with Crippen molar-refractivity contribution >= 4 is 17.5 Å². The van der Waals surface area contributed by atoms with Gasteiger partial charge in [-0.15, -0.1) is 0 Å². The Bertz CT molecular complexity index is 758. The Morgan fingerprint density at radius 1 is 1.54 bits per heavy atom. The summed E-state index contributed by atoms with van der Waals surface area (Å²) < 4.78 is 1.71. The summed E-state index contributed by atoms with van der Waals surface area (Å²) in [5.74, 6) is -0.146. The van der Waals surface area contributed by atoms with Crippen molar-refractivity contribution in [1.82, 2.24) is 15.1 Å². The van der Waals surface area contributed by atoms with Gasteiger partial charge in [0.2, 0.25) is 0 Å². The van der Waals surface area contributed by atoms with Crippen molar-refractivity contribution in [2.75, 3.05) is 6.61 Å². The van der Waals surface area contributed by atoms with E-state index in [1.54, 1.807) is 16.9 Å². The standard InChI is InChI=1S/C18H22ClN3O2/c1-12-15(10-20-22(12)14-6-3-5-13(19)9-14)17(24)21-16-7-4-8-18(16,2)11-23/h3,5-6,9-10,16,23H,4,7-8,11H2,1-2H3,(H,21,24). The lowest BCUT2D eigenvalue weighted by atomic mass is 9.85. The molecule has 2 unspecified atom stereocenters. The molecule has 2 aromatic rings. The smallest absolute Gasteiger partial charge is 0.254 e. The molecule has 1 aromatic carbocycles. The van der Waals surface area contributed by atoms with Crippen molar-refractivity contribution in [1.29, 1.82) is 0 Å². The van der Waals surface area contributed by atoms with Gasteiger partial charge in [-0.05, 0) is 38.0 Å². The number of nitrogens with zero attached hydrogens (tertiary/aromatic N) is 2. The second-order valence-corrected chi connectivity index (χ2v) is 7.20. The van der Waals surface area contributed by atoms with Crippen LogP contribution in [0.15, 0.2) is 30.5 Å². The molecule has 0 radical (unpaired) electrons. The van der Waals surface area contributed by atoms with Crippen LogP contribution in [0.25, 0.3) is 5.69 Å². The number of hydrogen-bond donors (Lipinski definition) is 2. The second kappa shape index (κ2) is 6.57. The number of hydrogen-bond acceptors (Lipinski definition) is 3. The number of aliphatic hydroxyl groups excluding tert-OH is 1. The van der Waals surface area contributed by atoms with E-state index in [1.807, 2.05) is 32.0 Å². The van der Waals surface area contributed by atoms with Crippen LogP contribution in [-0.2, 0) is 0 Å². The first-order valence-electron chi connectivity index (χ1n) is 8.17. The van der Waals surface area contributed by atoms with Gasteiger partial charge in [-0.3, -0.25) is 4.79 Å². The van der Waals surface area contributed by atoms with Crippen LogP contribution in [0.2, 0.25) is 5.02 Å². The SMILES string of the molecule is Cc1c(C(=O)NC2CCCC2(C)CO)cnn1-c1cccc(Cl)c1. The van der Waals surface area contributed by atoms with Gasteiger partial charge in [-0.25, -0.2) is 4.68 Å². The number of nitrogens with one attached hydrogen (secondary N) is 1. The third-order valence-corrected chi connectivity index (χ3v) is 5.29. The number of halogens is 1. The van der Waals surface area contributed by atoms with Crippen LogP contribution >= 0.6 is 11.6 Å². The van der Waals surface area contributed by atoms with Gasteiger partial charge in [0.1, 0.15) is 0 Å². The Morgan fingerprint density at radius 2 is 2.33 bits per heavy atom. The highest BCUT2D eigenvalue weighted by Crippen LogP contribution is 2.37. The zero-order valence-corrected chi connectivity index (χ0v) is 14.7. The van der Waals surface area contributed by atoms with E-state index in [1.165, 1.54) is 0 Å². The van der Waals surface area contributed by atoms with Gasteiger partial charge in [0, 0.05) is 16.5 Å². The quantitative estimate of drug-likeness (QED) is 0.893. The minimum atomic E-state index is -0.244. The van der Waals surface area contributed by atoms with Gasteiger partial charge in [0.05, 0.1) is 29.7 Å². The highest BCUT2D eigenvalue weighted by molar-refractivity contribution is 6.30. The van der Waals surface area contributed by atoms with Crippen LogP contribution < -0.4 is 5.32 Å². The van der Waals surface area contributed by atoms with Crippen LogP contribution in [0.5, 0.6) is 0 Å². The molecule has 1 aromatic heterocycles. The fraction of sp³-hybridized carbons (Fsp3) is 0.444. The summed E-state index contributed by atoms with van der Waals surface area (Å²) in [6.07, 6.45) is 4.42. The van der Waals surface area contributed by atoms with E-state index in [0.29, 0.717) is 10.6 Å². The fourth-order valence-electron chi connectivity index (χ4n) is 3.41. The molecule has 1 aliphatic rings. The molecule has 0 spiro atoms. The minimum absolute atomic E-state index is 0.0103. The summed E-state index contributed by atoms with van der Waals surface area (Å²) in [7, 11) is 0. The van der Waals surface area contributed by atoms with Crippen LogP contribution in [0.4, 0.5) is 0 Å². The molecular formula is C18H22ClN3O2. The number of rotatable bonds is 4. The monoisotopic (exact) mass is 347 g/mol. The molecule has 1 heterocycles. The van der Waals surface area contributed by atoms with Crippen LogP contribution in [-0.4, -0.2) is 33.4 Å². The number of aliphatic hydroxyl groups is 1. The number of carbonyl (C=O) groups is 1. The maximum Gasteiger partial charge on any atom is 0.254 e. The maximum absolute atomic E-state index is 12.7. The Kier molecular flexibility index (Phi) is 4.65. The Hall–Kier alpha value is -1.85. The van der Waals surface area contributed by atoms with E-state index in [-0.39, 0.29) is 24.0 Å². The van der Waals surface area contributed by atoms with Crippen molar-refractivity contribution in [3.63, 3.8) is 0 Å². The molecule has 5 nitrogen and oxygen atoms in total. The molecule has 1 amide bonds. The van der Waals surface area contributed by atoms with Gasteiger partial charge in [0.25, 0.3) is 5.91 Å². The topological polar surface area (TPSA) is 67.2 Å². The minimum Gasteiger partial charge on any atom is -0.396 e. The van der Waals surface area contributed by atoms with Crippen LogP contribution in [0.3, 0.4) is 0 Å². The molecule has 0 bridgehead atoms. The van der Waals surface area contributed by atoms with Crippen molar-refractivity contribution in [3.8, 4) is 5.69 Å². The molecule has 2 N–H and O–H groups in total. The number of benzene rings is 1. The lowest BCUT2D eigenvalue weighted by Crippen LogP contribution is -2.44.